The Balaban J connectivity index is 2.11. The van der Waals surface area contributed by atoms with Crippen molar-refractivity contribution in [1.82, 2.24) is 0 Å². The van der Waals surface area contributed by atoms with Crippen molar-refractivity contribution in [2.45, 2.75) is 25.7 Å². The first-order chi connectivity index (χ1) is 8.84. The maximum absolute atomic E-state index is 11.6. The number of para-hydroxylation sites is 1. The second-order valence-electron chi connectivity index (χ2n) is 4.85. The van der Waals surface area contributed by atoms with Crippen molar-refractivity contribution < 1.29 is 4.42 Å². The van der Waals surface area contributed by atoms with Gasteiger partial charge in [0, 0.05) is 24.5 Å². The molecular weight excluding hydrogens is 226 g/mol. The summed E-state index contributed by atoms with van der Waals surface area (Å²) in [6, 6.07) is 9.41. The van der Waals surface area contributed by atoms with Crippen LogP contribution in [0, 0.1) is 0 Å². The Bertz CT molecular complexity index is 595. The maximum atomic E-state index is 11.6. The average Bonchev–Trinajstić information content (AvgIpc) is 2.66. The Morgan fingerprint density at radius 2 is 1.72 bits per heavy atom. The van der Waals surface area contributed by atoms with Crippen LogP contribution in [0.1, 0.15) is 25.7 Å². The molecule has 1 aliphatic heterocycles. The fourth-order valence-electron chi connectivity index (χ4n) is 2.67. The van der Waals surface area contributed by atoms with Crippen molar-refractivity contribution in [2.24, 2.45) is 0 Å². The lowest BCUT2D eigenvalue weighted by atomic mass is 10.2. The van der Waals surface area contributed by atoms with Crippen LogP contribution >= 0.6 is 0 Å². The molecule has 3 heteroatoms. The fraction of sp³-hybridized carbons (Fsp3) is 0.400. The lowest BCUT2D eigenvalue weighted by Gasteiger charge is -2.23. The second-order valence-corrected chi connectivity index (χ2v) is 4.85. The van der Waals surface area contributed by atoms with Gasteiger partial charge < -0.3 is 9.32 Å². The van der Waals surface area contributed by atoms with E-state index >= 15 is 0 Å². The van der Waals surface area contributed by atoms with E-state index in [1.807, 2.05) is 24.3 Å². The maximum Gasteiger partial charge on any atom is 0.338 e. The number of benzene rings is 1. The lowest BCUT2D eigenvalue weighted by Crippen LogP contribution is -2.25. The molecule has 0 radical (unpaired) electrons. The van der Waals surface area contributed by atoms with Crippen LogP contribution < -0.4 is 10.5 Å². The SMILES string of the molecule is O=c1cc(N2CCCCCC2)c2ccccc2o1. The third-order valence-electron chi connectivity index (χ3n) is 3.57. The Labute approximate surface area is 106 Å². The molecule has 0 aliphatic carbocycles. The summed E-state index contributed by atoms with van der Waals surface area (Å²) >= 11 is 0. The Kier molecular flexibility index (Phi) is 3.05. The van der Waals surface area contributed by atoms with E-state index < -0.39 is 0 Å². The van der Waals surface area contributed by atoms with Crippen LogP contribution in [-0.4, -0.2) is 13.1 Å². The zero-order valence-electron chi connectivity index (χ0n) is 10.4. The molecule has 1 aromatic heterocycles. The molecule has 0 bridgehead atoms. The van der Waals surface area contributed by atoms with E-state index in [4.69, 9.17) is 4.42 Å². The van der Waals surface area contributed by atoms with Gasteiger partial charge in [0.15, 0.2) is 0 Å². The zero-order chi connectivity index (χ0) is 12.4. The number of hydrogen-bond donors (Lipinski definition) is 0. The summed E-state index contributed by atoms with van der Waals surface area (Å²) in [6.45, 7) is 2.07. The van der Waals surface area contributed by atoms with Crippen LogP contribution in [0.5, 0.6) is 0 Å². The lowest BCUT2D eigenvalue weighted by molar-refractivity contribution is 0.560. The van der Waals surface area contributed by atoms with Crippen LogP contribution in [0.4, 0.5) is 5.69 Å². The van der Waals surface area contributed by atoms with Gasteiger partial charge in [-0.15, -0.1) is 0 Å². The third kappa shape index (κ3) is 2.13. The van der Waals surface area contributed by atoms with Gasteiger partial charge in [-0.25, -0.2) is 4.79 Å². The monoisotopic (exact) mass is 243 g/mol. The Morgan fingerprint density at radius 1 is 1.00 bits per heavy atom. The predicted molar refractivity (Wildman–Crippen MR) is 73.2 cm³/mol. The van der Waals surface area contributed by atoms with E-state index in [1.54, 1.807) is 6.07 Å². The van der Waals surface area contributed by atoms with Gasteiger partial charge in [0.25, 0.3) is 0 Å². The summed E-state index contributed by atoms with van der Waals surface area (Å²) in [4.78, 5) is 14.0. The summed E-state index contributed by atoms with van der Waals surface area (Å²) < 4.78 is 5.24. The number of hydrogen-bond acceptors (Lipinski definition) is 3. The molecule has 1 aliphatic rings. The van der Waals surface area contributed by atoms with Crippen LogP contribution in [0.25, 0.3) is 11.0 Å². The molecule has 0 atom stereocenters. The second kappa shape index (κ2) is 4.84. The van der Waals surface area contributed by atoms with Gasteiger partial charge in [0.2, 0.25) is 0 Å². The molecule has 3 rings (SSSR count). The Morgan fingerprint density at radius 3 is 2.50 bits per heavy atom. The third-order valence-corrected chi connectivity index (χ3v) is 3.57. The number of fused-ring (bicyclic) bond motifs is 1. The molecule has 1 aromatic carbocycles. The summed E-state index contributed by atoms with van der Waals surface area (Å²) in [5.41, 5.74) is 1.46. The Hall–Kier alpha value is -1.77. The van der Waals surface area contributed by atoms with Gasteiger partial charge in [-0.2, -0.15) is 0 Å². The molecule has 18 heavy (non-hydrogen) atoms. The molecule has 2 heterocycles. The summed E-state index contributed by atoms with van der Waals surface area (Å²) in [5, 5.41) is 1.04. The topological polar surface area (TPSA) is 33.5 Å². The van der Waals surface area contributed by atoms with Gasteiger partial charge >= 0.3 is 5.63 Å². The first-order valence-corrected chi connectivity index (χ1v) is 6.62. The molecule has 0 unspecified atom stereocenters. The van der Waals surface area contributed by atoms with Crippen LogP contribution in [0.3, 0.4) is 0 Å². The molecule has 0 N–H and O–H groups in total. The highest BCUT2D eigenvalue weighted by Gasteiger charge is 2.14. The minimum absolute atomic E-state index is 0.257. The predicted octanol–water partition coefficient (Wildman–Crippen LogP) is 3.17. The minimum atomic E-state index is -0.257. The molecule has 94 valence electrons. The largest absolute Gasteiger partial charge is 0.423 e. The zero-order valence-corrected chi connectivity index (χ0v) is 10.4. The van der Waals surface area contributed by atoms with E-state index in [0.29, 0.717) is 5.58 Å². The first-order valence-electron chi connectivity index (χ1n) is 6.62. The van der Waals surface area contributed by atoms with E-state index in [0.717, 1.165) is 24.2 Å². The molecule has 1 saturated heterocycles. The molecule has 0 amide bonds. The molecule has 1 fully saturated rings. The number of rotatable bonds is 1. The highest BCUT2D eigenvalue weighted by atomic mass is 16.4. The van der Waals surface area contributed by atoms with E-state index in [1.165, 1.54) is 25.7 Å². The number of nitrogens with zero attached hydrogens (tertiary/aromatic N) is 1. The van der Waals surface area contributed by atoms with Crippen molar-refractivity contribution in [1.29, 1.82) is 0 Å². The average molecular weight is 243 g/mol. The highest BCUT2D eigenvalue weighted by molar-refractivity contribution is 5.90. The fourth-order valence-corrected chi connectivity index (χ4v) is 2.67. The summed E-state index contributed by atoms with van der Waals surface area (Å²) in [5.74, 6) is 0. The van der Waals surface area contributed by atoms with E-state index in [-0.39, 0.29) is 5.63 Å². The molecule has 0 spiro atoms. The van der Waals surface area contributed by atoms with E-state index in [9.17, 15) is 4.79 Å². The van der Waals surface area contributed by atoms with Crippen LogP contribution in [-0.2, 0) is 0 Å². The molecule has 3 nitrogen and oxygen atoms in total. The number of anilines is 1. The van der Waals surface area contributed by atoms with Gasteiger partial charge in [0.05, 0.1) is 5.69 Å². The molecule has 0 saturated carbocycles. The van der Waals surface area contributed by atoms with Crippen molar-refractivity contribution in [3.05, 3.63) is 40.8 Å². The van der Waals surface area contributed by atoms with Crippen LogP contribution in [0.15, 0.2) is 39.5 Å². The molecule has 2 aromatic rings. The van der Waals surface area contributed by atoms with Crippen molar-refractivity contribution >= 4 is 16.7 Å². The minimum Gasteiger partial charge on any atom is -0.423 e. The van der Waals surface area contributed by atoms with Crippen molar-refractivity contribution in [3.63, 3.8) is 0 Å². The van der Waals surface area contributed by atoms with Crippen LogP contribution in [0.2, 0.25) is 0 Å². The van der Waals surface area contributed by atoms with Gasteiger partial charge in [-0.05, 0) is 25.0 Å². The van der Waals surface area contributed by atoms with E-state index in [2.05, 4.69) is 4.90 Å². The quantitative estimate of drug-likeness (QED) is 0.721. The van der Waals surface area contributed by atoms with Crippen molar-refractivity contribution in [3.8, 4) is 0 Å². The van der Waals surface area contributed by atoms with Gasteiger partial charge in [-0.1, -0.05) is 25.0 Å². The summed E-state index contributed by atoms with van der Waals surface area (Å²) in [7, 11) is 0. The molecular formula is C15H17NO2. The standard InChI is InChI=1S/C15H17NO2/c17-15-11-13(16-9-5-1-2-6-10-16)12-7-3-4-8-14(12)18-15/h3-4,7-8,11H,1-2,5-6,9-10H2. The normalized spacial score (nSPS) is 16.8. The smallest absolute Gasteiger partial charge is 0.338 e. The summed E-state index contributed by atoms with van der Waals surface area (Å²) in [6.07, 6.45) is 4.98. The van der Waals surface area contributed by atoms with Gasteiger partial charge in [0.1, 0.15) is 5.58 Å². The van der Waals surface area contributed by atoms with Crippen molar-refractivity contribution in [2.75, 3.05) is 18.0 Å². The highest BCUT2D eigenvalue weighted by Crippen LogP contribution is 2.26. The first kappa shape index (κ1) is 11.3. The van der Waals surface area contributed by atoms with Gasteiger partial charge in [-0.3, -0.25) is 0 Å².